The molecule has 0 aliphatic heterocycles. The van der Waals surface area contributed by atoms with Gasteiger partial charge in [0.2, 0.25) is 0 Å². The molecule has 0 fully saturated rings. The van der Waals surface area contributed by atoms with E-state index in [1.165, 1.54) is 12.1 Å². The zero-order valence-corrected chi connectivity index (χ0v) is 8.43. The maximum atomic E-state index is 12.9. The Morgan fingerprint density at radius 2 is 1.64 bits per heavy atom. The number of halogens is 2. The summed E-state index contributed by atoms with van der Waals surface area (Å²) in [4.78, 5) is 0. The summed E-state index contributed by atoms with van der Waals surface area (Å²) >= 11 is 0. The summed E-state index contributed by atoms with van der Waals surface area (Å²) in [5, 5.41) is 0. The van der Waals surface area contributed by atoms with Crippen LogP contribution in [0.4, 0.5) is 8.78 Å². The number of hydrogen-bond acceptors (Lipinski definition) is 1. The van der Waals surface area contributed by atoms with Gasteiger partial charge >= 0.3 is 0 Å². The van der Waals surface area contributed by atoms with Crippen molar-refractivity contribution in [3.63, 3.8) is 0 Å². The normalized spacial score (nSPS) is 15.2. The molecule has 0 bridgehead atoms. The summed E-state index contributed by atoms with van der Waals surface area (Å²) in [6.45, 7) is 3.80. The first-order valence-electron chi connectivity index (χ1n) is 4.70. The third kappa shape index (κ3) is 3.07. The van der Waals surface area contributed by atoms with Crippen LogP contribution in [-0.4, -0.2) is 6.04 Å². The van der Waals surface area contributed by atoms with Crippen LogP contribution in [0.2, 0.25) is 0 Å². The van der Waals surface area contributed by atoms with Crippen LogP contribution >= 0.6 is 0 Å². The lowest BCUT2D eigenvalue weighted by atomic mass is 9.95. The molecule has 2 N–H and O–H groups in total. The summed E-state index contributed by atoms with van der Waals surface area (Å²) in [5.41, 5.74) is 6.29. The first-order valence-corrected chi connectivity index (χ1v) is 4.70. The van der Waals surface area contributed by atoms with Crippen LogP contribution < -0.4 is 5.73 Å². The second-order valence-electron chi connectivity index (χ2n) is 3.82. The van der Waals surface area contributed by atoms with Crippen molar-refractivity contribution < 1.29 is 8.78 Å². The van der Waals surface area contributed by atoms with E-state index < -0.39 is 11.6 Å². The molecule has 0 spiro atoms. The molecular weight excluding hydrogens is 184 g/mol. The Kier molecular flexibility index (Phi) is 3.58. The smallest absolute Gasteiger partial charge is 0.126 e. The predicted octanol–water partition coefficient (Wildman–Crippen LogP) is 2.81. The quantitative estimate of drug-likeness (QED) is 0.795. The average molecular weight is 199 g/mol. The summed E-state index contributed by atoms with van der Waals surface area (Å²) in [7, 11) is 0. The molecule has 0 aromatic heterocycles. The highest BCUT2D eigenvalue weighted by Crippen LogP contribution is 2.21. The van der Waals surface area contributed by atoms with Gasteiger partial charge in [-0.1, -0.05) is 6.92 Å². The lowest BCUT2D eigenvalue weighted by Crippen LogP contribution is -2.17. The van der Waals surface area contributed by atoms with E-state index in [2.05, 4.69) is 0 Å². The molecular formula is C11H15F2N. The summed E-state index contributed by atoms with van der Waals surface area (Å²) in [6, 6.07) is 3.63. The SMILES string of the molecule is CC(N)CC(C)c1cc(F)cc(F)c1. The first-order chi connectivity index (χ1) is 6.49. The van der Waals surface area contributed by atoms with Crippen LogP contribution in [-0.2, 0) is 0 Å². The zero-order valence-electron chi connectivity index (χ0n) is 8.43. The van der Waals surface area contributed by atoms with Gasteiger partial charge in [0, 0.05) is 12.1 Å². The minimum absolute atomic E-state index is 0.0383. The Morgan fingerprint density at radius 3 is 2.07 bits per heavy atom. The molecule has 1 nitrogen and oxygen atoms in total. The van der Waals surface area contributed by atoms with E-state index in [1.54, 1.807) is 0 Å². The summed E-state index contributed by atoms with van der Waals surface area (Å²) < 4.78 is 25.7. The topological polar surface area (TPSA) is 26.0 Å². The van der Waals surface area contributed by atoms with Gasteiger partial charge in [-0.15, -0.1) is 0 Å². The van der Waals surface area contributed by atoms with Crippen molar-refractivity contribution in [2.45, 2.75) is 32.2 Å². The van der Waals surface area contributed by atoms with Crippen LogP contribution in [0.15, 0.2) is 18.2 Å². The van der Waals surface area contributed by atoms with Gasteiger partial charge < -0.3 is 5.73 Å². The van der Waals surface area contributed by atoms with Gasteiger partial charge in [-0.25, -0.2) is 8.78 Å². The lowest BCUT2D eigenvalue weighted by Gasteiger charge is -2.14. The molecule has 2 unspecified atom stereocenters. The molecule has 0 radical (unpaired) electrons. The van der Waals surface area contributed by atoms with Crippen LogP contribution in [0.1, 0.15) is 31.7 Å². The highest BCUT2D eigenvalue weighted by molar-refractivity contribution is 5.21. The van der Waals surface area contributed by atoms with E-state index in [1.807, 2.05) is 13.8 Å². The summed E-state index contributed by atoms with van der Waals surface area (Å²) in [5.74, 6) is -0.978. The van der Waals surface area contributed by atoms with Gasteiger partial charge in [-0.3, -0.25) is 0 Å². The van der Waals surface area contributed by atoms with E-state index in [-0.39, 0.29) is 12.0 Å². The highest BCUT2D eigenvalue weighted by Gasteiger charge is 2.10. The van der Waals surface area contributed by atoms with E-state index in [4.69, 9.17) is 5.73 Å². The number of rotatable bonds is 3. The van der Waals surface area contributed by atoms with Crippen molar-refractivity contribution in [1.29, 1.82) is 0 Å². The van der Waals surface area contributed by atoms with Crippen LogP contribution in [0.3, 0.4) is 0 Å². The second kappa shape index (κ2) is 4.51. The Balaban J connectivity index is 2.84. The van der Waals surface area contributed by atoms with Gasteiger partial charge in [-0.05, 0) is 37.0 Å². The molecule has 3 heteroatoms. The van der Waals surface area contributed by atoms with Gasteiger partial charge in [0.05, 0.1) is 0 Å². The molecule has 1 aromatic carbocycles. The number of hydrogen-bond donors (Lipinski definition) is 1. The maximum absolute atomic E-state index is 12.9. The Hall–Kier alpha value is -0.960. The standard InChI is InChI=1S/C11H15F2N/c1-7(3-8(2)14)9-4-10(12)6-11(13)5-9/h4-8H,3,14H2,1-2H3. The fraction of sp³-hybridized carbons (Fsp3) is 0.455. The summed E-state index contributed by atoms with van der Waals surface area (Å²) in [6.07, 6.45) is 0.725. The molecule has 0 amide bonds. The van der Waals surface area contributed by atoms with Crippen LogP contribution in [0, 0.1) is 11.6 Å². The second-order valence-corrected chi connectivity index (χ2v) is 3.82. The van der Waals surface area contributed by atoms with Crippen molar-refractivity contribution >= 4 is 0 Å². The predicted molar refractivity (Wildman–Crippen MR) is 53.0 cm³/mol. The minimum Gasteiger partial charge on any atom is -0.328 e. The largest absolute Gasteiger partial charge is 0.328 e. The van der Waals surface area contributed by atoms with Crippen molar-refractivity contribution in [2.75, 3.05) is 0 Å². The van der Waals surface area contributed by atoms with Crippen molar-refractivity contribution in [3.8, 4) is 0 Å². The monoisotopic (exact) mass is 199 g/mol. The van der Waals surface area contributed by atoms with E-state index in [9.17, 15) is 8.78 Å². The fourth-order valence-corrected chi connectivity index (χ4v) is 1.55. The van der Waals surface area contributed by atoms with Crippen LogP contribution in [0.25, 0.3) is 0 Å². The van der Waals surface area contributed by atoms with Crippen molar-refractivity contribution in [3.05, 3.63) is 35.4 Å². The lowest BCUT2D eigenvalue weighted by molar-refractivity contribution is 0.555. The molecule has 0 aliphatic carbocycles. The number of benzene rings is 1. The average Bonchev–Trinajstić information content (AvgIpc) is 2.00. The zero-order chi connectivity index (χ0) is 10.7. The molecule has 0 saturated heterocycles. The molecule has 78 valence electrons. The van der Waals surface area contributed by atoms with E-state index in [0.717, 1.165) is 12.5 Å². The van der Waals surface area contributed by atoms with Gasteiger partial charge in [0.1, 0.15) is 11.6 Å². The van der Waals surface area contributed by atoms with Gasteiger partial charge in [0.15, 0.2) is 0 Å². The van der Waals surface area contributed by atoms with E-state index >= 15 is 0 Å². The van der Waals surface area contributed by atoms with Gasteiger partial charge in [-0.2, -0.15) is 0 Å². The molecule has 1 aromatic rings. The minimum atomic E-state index is -0.531. The van der Waals surface area contributed by atoms with E-state index in [0.29, 0.717) is 5.56 Å². The van der Waals surface area contributed by atoms with Crippen molar-refractivity contribution in [2.24, 2.45) is 5.73 Å². The molecule has 0 heterocycles. The molecule has 1 rings (SSSR count). The Labute approximate surface area is 82.9 Å². The fourth-order valence-electron chi connectivity index (χ4n) is 1.55. The molecule has 0 aliphatic rings. The Morgan fingerprint density at radius 1 is 1.14 bits per heavy atom. The van der Waals surface area contributed by atoms with Crippen LogP contribution in [0.5, 0.6) is 0 Å². The van der Waals surface area contributed by atoms with Crippen molar-refractivity contribution in [1.82, 2.24) is 0 Å². The third-order valence-corrected chi connectivity index (χ3v) is 2.18. The number of nitrogens with two attached hydrogens (primary N) is 1. The maximum Gasteiger partial charge on any atom is 0.126 e. The molecule has 2 atom stereocenters. The van der Waals surface area contributed by atoms with Gasteiger partial charge in [0.25, 0.3) is 0 Å². The molecule has 14 heavy (non-hydrogen) atoms. The molecule has 0 saturated carbocycles. The Bertz CT molecular complexity index is 290. The third-order valence-electron chi connectivity index (χ3n) is 2.18. The highest BCUT2D eigenvalue weighted by atomic mass is 19.1. The first kappa shape index (κ1) is 11.1.